The van der Waals surface area contributed by atoms with E-state index in [4.69, 9.17) is 0 Å². The smallest absolute Gasteiger partial charge is 0.229 e. The van der Waals surface area contributed by atoms with Crippen LogP contribution in [0.2, 0.25) is 0 Å². The highest BCUT2D eigenvalue weighted by atomic mass is 32.2. The second-order valence-corrected chi connectivity index (χ2v) is 9.55. The zero-order valence-corrected chi connectivity index (χ0v) is 17.1. The molecule has 0 saturated heterocycles. The molecule has 1 N–H and O–H groups in total. The van der Waals surface area contributed by atoms with E-state index in [1.165, 1.54) is 11.8 Å². The first-order chi connectivity index (χ1) is 12.0. The molecule has 0 spiro atoms. The maximum atomic E-state index is 12.6. The van der Waals surface area contributed by atoms with Gasteiger partial charge in [-0.05, 0) is 44.2 Å². The van der Waals surface area contributed by atoms with Crippen LogP contribution in [0.5, 0.6) is 0 Å². The first kappa shape index (κ1) is 20.4. The van der Waals surface area contributed by atoms with Gasteiger partial charge in [-0.25, -0.2) is 18.4 Å². The number of nitrogens with one attached hydrogen (secondary N) is 1. The van der Waals surface area contributed by atoms with Crippen LogP contribution in [0.1, 0.15) is 48.6 Å². The highest BCUT2D eigenvalue weighted by molar-refractivity contribution is 8.00. The molecule has 0 bridgehead atoms. The fourth-order valence-corrected chi connectivity index (χ4v) is 3.82. The van der Waals surface area contributed by atoms with E-state index < -0.39 is 10.0 Å². The minimum absolute atomic E-state index is 0.0386. The summed E-state index contributed by atoms with van der Waals surface area (Å²) in [6.07, 6.45) is 1.08. The van der Waals surface area contributed by atoms with Crippen molar-refractivity contribution in [1.82, 2.24) is 9.97 Å². The van der Waals surface area contributed by atoms with Gasteiger partial charge in [-0.2, -0.15) is 0 Å². The van der Waals surface area contributed by atoms with E-state index in [-0.39, 0.29) is 17.0 Å². The molecule has 2 rings (SSSR count). The Morgan fingerprint density at radius 1 is 1.12 bits per heavy atom. The minimum atomic E-state index is -3.34. The van der Waals surface area contributed by atoms with Gasteiger partial charge >= 0.3 is 0 Å². The van der Waals surface area contributed by atoms with E-state index in [9.17, 15) is 13.2 Å². The number of anilines is 1. The van der Waals surface area contributed by atoms with Gasteiger partial charge in [-0.15, -0.1) is 0 Å². The Morgan fingerprint density at radius 2 is 1.73 bits per heavy atom. The van der Waals surface area contributed by atoms with Gasteiger partial charge in [0.25, 0.3) is 0 Å². The lowest BCUT2D eigenvalue weighted by Gasteiger charge is -2.12. The number of aryl methyl sites for hydroxylation is 1. The van der Waals surface area contributed by atoms with Crippen molar-refractivity contribution in [2.24, 2.45) is 0 Å². The third-order valence-electron chi connectivity index (χ3n) is 3.50. The van der Waals surface area contributed by atoms with Crippen molar-refractivity contribution < 1.29 is 13.2 Å². The third-order valence-corrected chi connectivity index (χ3v) is 5.13. The van der Waals surface area contributed by atoms with Crippen molar-refractivity contribution in [3.05, 3.63) is 47.4 Å². The highest BCUT2D eigenvalue weighted by Gasteiger charge is 2.18. The topological polar surface area (TPSA) is 89.0 Å². The van der Waals surface area contributed by atoms with Gasteiger partial charge in [-0.3, -0.25) is 9.52 Å². The number of nitrogens with zero attached hydrogens (tertiary/aromatic N) is 2. The van der Waals surface area contributed by atoms with Crippen molar-refractivity contribution in [1.29, 1.82) is 0 Å². The number of carbonyl (C=O) groups is 1. The first-order valence-electron chi connectivity index (χ1n) is 8.19. The number of thioether (sulfide) groups is 1. The van der Waals surface area contributed by atoms with Crippen LogP contribution in [0.15, 0.2) is 35.4 Å². The Balaban J connectivity index is 2.12. The SMILES string of the molecule is Cc1cc(S[C@H](C)C(=O)c2ccc(NS(C)(=O)=O)cc2)nc(C(C)C)n1. The average molecular weight is 394 g/mol. The number of hydrogen-bond donors (Lipinski definition) is 1. The molecule has 0 aliphatic carbocycles. The van der Waals surface area contributed by atoms with Crippen LogP contribution in [-0.4, -0.2) is 35.7 Å². The quantitative estimate of drug-likeness (QED) is 0.439. The molecule has 1 atom stereocenters. The van der Waals surface area contributed by atoms with Gasteiger partial charge in [-0.1, -0.05) is 25.6 Å². The number of Topliss-reactive ketones (excluding diaryl/α,β-unsaturated/α-hetero) is 1. The second-order valence-electron chi connectivity index (χ2n) is 6.44. The van der Waals surface area contributed by atoms with Gasteiger partial charge in [0.1, 0.15) is 10.9 Å². The van der Waals surface area contributed by atoms with E-state index >= 15 is 0 Å². The fourth-order valence-electron chi connectivity index (χ4n) is 2.27. The van der Waals surface area contributed by atoms with Gasteiger partial charge in [0, 0.05) is 22.9 Å². The van der Waals surface area contributed by atoms with Crippen molar-refractivity contribution >= 4 is 33.3 Å². The first-order valence-corrected chi connectivity index (χ1v) is 11.0. The van der Waals surface area contributed by atoms with Crippen molar-refractivity contribution in [3.63, 3.8) is 0 Å². The lowest BCUT2D eigenvalue weighted by atomic mass is 10.1. The molecule has 1 heterocycles. The normalized spacial score (nSPS) is 12.8. The Bertz CT molecular complexity index is 894. The molecule has 0 amide bonds. The average Bonchev–Trinajstić information content (AvgIpc) is 2.52. The van der Waals surface area contributed by atoms with E-state index in [0.717, 1.165) is 22.8 Å². The van der Waals surface area contributed by atoms with E-state index in [1.54, 1.807) is 24.3 Å². The molecule has 0 aliphatic rings. The molecular weight excluding hydrogens is 370 g/mol. The largest absolute Gasteiger partial charge is 0.293 e. The second kappa shape index (κ2) is 8.18. The van der Waals surface area contributed by atoms with Gasteiger partial charge in [0.2, 0.25) is 10.0 Å². The number of carbonyl (C=O) groups excluding carboxylic acids is 1. The summed E-state index contributed by atoms with van der Waals surface area (Å²) in [5.74, 6) is 0.946. The molecule has 1 aromatic carbocycles. The maximum Gasteiger partial charge on any atom is 0.229 e. The monoisotopic (exact) mass is 393 g/mol. The summed E-state index contributed by atoms with van der Waals surface area (Å²) in [6.45, 7) is 7.81. The van der Waals surface area contributed by atoms with Crippen LogP contribution in [0.25, 0.3) is 0 Å². The summed E-state index contributed by atoms with van der Waals surface area (Å²) in [6, 6.07) is 8.28. The van der Waals surface area contributed by atoms with Gasteiger partial charge < -0.3 is 0 Å². The summed E-state index contributed by atoms with van der Waals surface area (Å²) in [7, 11) is -3.34. The standard InChI is InChI=1S/C18H23N3O3S2/c1-11(2)18-19-12(3)10-16(20-18)25-13(4)17(22)14-6-8-15(9-7-14)21-26(5,23)24/h6-11,13,21H,1-5H3/t13-/m1/s1. The molecule has 0 radical (unpaired) electrons. The van der Waals surface area contributed by atoms with Gasteiger partial charge in [0.15, 0.2) is 5.78 Å². The summed E-state index contributed by atoms with van der Waals surface area (Å²) in [4.78, 5) is 21.6. The molecule has 0 aliphatic heterocycles. The van der Waals surface area contributed by atoms with E-state index in [0.29, 0.717) is 11.3 Å². The zero-order valence-electron chi connectivity index (χ0n) is 15.5. The van der Waals surface area contributed by atoms with Crippen molar-refractivity contribution in [3.8, 4) is 0 Å². The van der Waals surface area contributed by atoms with Crippen LogP contribution in [0, 0.1) is 6.92 Å². The van der Waals surface area contributed by atoms with E-state index in [1.807, 2.05) is 33.8 Å². The summed E-state index contributed by atoms with van der Waals surface area (Å²) < 4.78 is 24.9. The molecule has 1 aromatic heterocycles. The Kier molecular flexibility index (Phi) is 6.41. The van der Waals surface area contributed by atoms with Crippen LogP contribution in [0.4, 0.5) is 5.69 Å². The lowest BCUT2D eigenvalue weighted by molar-refractivity contribution is 0.0994. The molecule has 0 fully saturated rings. The van der Waals surface area contributed by atoms with Crippen LogP contribution in [-0.2, 0) is 10.0 Å². The summed E-state index contributed by atoms with van der Waals surface area (Å²) in [5, 5.41) is 0.454. The highest BCUT2D eigenvalue weighted by Crippen LogP contribution is 2.26. The molecule has 0 saturated carbocycles. The predicted octanol–water partition coefficient (Wildman–Crippen LogP) is 3.64. The number of hydrogen-bond acceptors (Lipinski definition) is 6. The van der Waals surface area contributed by atoms with E-state index in [2.05, 4.69) is 14.7 Å². The minimum Gasteiger partial charge on any atom is -0.293 e. The molecule has 6 nitrogen and oxygen atoms in total. The number of sulfonamides is 1. The molecule has 140 valence electrons. The van der Waals surface area contributed by atoms with Crippen LogP contribution in [0.3, 0.4) is 0 Å². The summed E-state index contributed by atoms with van der Waals surface area (Å²) >= 11 is 1.39. The number of aromatic nitrogens is 2. The molecule has 0 unspecified atom stereocenters. The van der Waals surface area contributed by atoms with Crippen LogP contribution >= 0.6 is 11.8 Å². The molecule has 26 heavy (non-hydrogen) atoms. The van der Waals surface area contributed by atoms with Crippen molar-refractivity contribution in [2.45, 2.75) is 43.9 Å². The Hall–Kier alpha value is -1.93. The zero-order chi connectivity index (χ0) is 19.5. The molecular formula is C18H23N3O3S2. The van der Waals surface area contributed by atoms with Crippen molar-refractivity contribution in [2.75, 3.05) is 11.0 Å². The lowest BCUT2D eigenvalue weighted by Crippen LogP contribution is -2.15. The van der Waals surface area contributed by atoms with Crippen LogP contribution < -0.4 is 4.72 Å². The number of benzene rings is 1. The third kappa shape index (κ3) is 5.81. The Labute approximate surface area is 158 Å². The number of ketones is 1. The predicted molar refractivity (Wildman–Crippen MR) is 105 cm³/mol. The molecule has 8 heteroatoms. The number of rotatable bonds is 7. The van der Waals surface area contributed by atoms with Gasteiger partial charge in [0.05, 0.1) is 11.5 Å². The Morgan fingerprint density at radius 3 is 2.27 bits per heavy atom. The maximum absolute atomic E-state index is 12.6. The summed E-state index contributed by atoms with van der Waals surface area (Å²) in [5.41, 5.74) is 1.83. The fraction of sp³-hybridized carbons (Fsp3) is 0.389. The molecule has 2 aromatic rings.